The lowest BCUT2D eigenvalue weighted by Crippen LogP contribution is -2.15. The van der Waals surface area contributed by atoms with Crippen LogP contribution in [0, 0.1) is 0 Å². The van der Waals surface area contributed by atoms with Gasteiger partial charge >= 0.3 is 0 Å². The van der Waals surface area contributed by atoms with Crippen molar-refractivity contribution in [1.29, 1.82) is 0 Å². The van der Waals surface area contributed by atoms with Crippen LogP contribution in [0.25, 0.3) is 44.9 Å². The summed E-state index contributed by atoms with van der Waals surface area (Å²) in [5.41, 5.74) is 11.8. The number of anilines is 1. The molecule has 4 heterocycles. The summed E-state index contributed by atoms with van der Waals surface area (Å²) in [4.78, 5) is 14.4. The van der Waals surface area contributed by atoms with Gasteiger partial charge in [-0.1, -0.05) is 31.4 Å². The Kier molecular flexibility index (Phi) is 3.77. The van der Waals surface area contributed by atoms with Crippen LogP contribution < -0.4 is 5.73 Å². The Morgan fingerprint density at radius 2 is 1.80 bits per heavy atom. The number of nitrogen functional groups attached to an aromatic ring is 1. The number of hydrogen-bond donors (Lipinski definition) is 1. The van der Waals surface area contributed by atoms with Crippen LogP contribution in [0.4, 0.5) is 5.82 Å². The summed E-state index contributed by atoms with van der Waals surface area (Å²) in [5, 5.41) is 7.80. The highest BCUT2D eigenvalue weighted by Gasteiger charge is 2.29. The van der Waals surface area contributed by atoms with Crippen LogP contribution in [-0.2, 0) is 6.54 Å². The third-order valence-corrected chi connectivity index (χ3v) is 6.21. The number of hydrogen-bond acceptors (Lipinski definition) is 7. The van der Waals surface area contributed by atoms with Crippen LogP contribution in [0.3, 0.4) is 0 Å². The second-order valence-corrected chi connectivity index (χ2v) is 7.90. The van der Waals surface area contributed by atoms with E-state index in [4.69, 9.17) is 25.3 Å². The van der Waals surface area contributed by atoms with Gasteiger partial charge in [0.1, 0.15) is 17.2 Å². The Balaban J connectivity index is 1.71. The summed E-state index contributed by atoms with van der Waals surface area (Å²) in [7, 11) is 0. The van der Waals surface area contributed by atoms with Gasteiger partial charge in [0.05, 0.1) is 16.6 Å². The normalized spacial score (nSPS) is 15.6. The van der Waals surface area contributed by atoms with Crippen LogP contribution in [0.15, 0.2) is 28.9 Å². The fraction of sp³-hybridized carbons (Fsp3) is 0.381. The minimum absolute atomic E-state index is 0.293. The molecule has 30 heavy (non-hydrogen) atoms. The lowest BCUT2D eigenvalue weighted by molar-refractivity contribution is 0.314. The predicted octanol–water partition coefficient (Wildman–Crippen LogP) is 4.09. The first-order valence-corrected chi connectivity index (χ1v) is 10.5. The van der Waals surface area contributed by atoms with Gasteiger partial charge in [0.25, 0.3) is 0 Å². The van der Waals surface area contributed by atoms with Gasteiger partial charge in [-0.2, -0.15) is 0 Å². The molecule has 4 aromatic heterocycles. The summed E-state index contributed by atoms with van der Waals surface area (Å²) in [6.45, 7) is 2.88. The SMILES string of the molecule is CCn1c(-c2c(N)n(C3CCCCC3)c3nc4nonc4nc23)nc2ccccc21. The number of para-hydroxylation sites is 2. The molecular formula is C21H22N8O. The Labute approximate surface area is 171 Å². The second-order valence-electron chi connectivity index (χ2n) is 7.90. The van der Waals surface area contributed by atoms with Crippen molar-refractivity contribution in [3.8, 4) is 11.4 Å². The molecule has 0 amide bonds. The maximum atomic E-state index is 6.82. The number of aromatic nitrogens is 7. The average Bonchev–Trinajstić information content (AvgIpc) is 3.45. The monoisotopic (exact) mass is 402 g/mol. The van der Waals surface area contributed by atoms with E-state index < -0.39 is 0 Å². The van der Waals surface area contributed by atoms with Crippen LogP contribution in [-0.4, -0.2) is 34.4 Å². The number of nitrogens with zero attached hydrogens (tertiary/aromatic N) is 7. The van der Waals surface area contributed by atoms with E-state index in [1.165, 1.54) is 19.3 Å². The molecule has 0 atom stereocenters. The number of rotatable bonds is 3. The predicted molar refractivity (Wildman–Crippen MR) is 114 cm³/mol. The highest BCUT2D eigenvalue weighted by molar-refractivity contribution is 6.00. The zero-order chi connectivity index (χ0) is 20.2. The Hall–Kier alpha value is -3.49. The molecule has 5 aromatic rings. The van der Waals surface area contributed by atoms with Crippen LogP contribution in [0.2, 0.25) is 0 Å². The van der Waals surface area contributed by atoms with Gasteiger partial charge in [0.15, 0.2) is 5.65 Å². The molecule has 9 nitrogen and oxygen atoms in total. The zero-order valence-electron chi connectivity index (χ0n) is 16.7. The average molecular weight is 402 g/mol. The van der Waals surface area contributed by atoms with E-state index in [1.54, 1.807) is 0 Å². The Morgan fingerprint density at radius 1 is 1.03 bits per heavy atom. The third kappa shape index (κ3) is 2.38. The molecule has 0 radical (unpaired) electrons. The summed E-state index contributed by atoms with van der Waals surface area (Å²) in [5.74, 6) is 1.47. The molecule has 1 aliphatic carbocycles. The molecule has 0 aliphatic heterocycles. The molecular weight excluding hydrogens is 380 g/mol. The zero-order valence-corrected chi connectivity index (χ0v) is 16.7. The van der Waals surface area contributed by atoms with Gasteiger partial charge in [-0.05, 0) is 42.2 Å². The number of fused-ring (bicyclic) bond motifs is 3. The number of aryl methyl sites for hydroxylation is 1. The second kappa shape index (κ2) is 6.51. The van der Waals surface area contributed by atoms with Crippen molar-refractivity contribution in [1.82, 2.24) is 34.4 Å². The van der Waals surface area contributed by atoms with Crippen molar-refractivity contribution < 1.29 is 4.63 Å². The molecule has 2 N–H and O–H groups in total. The Bertz CT molecular complexity index is 1390. The maximum absolute atomic E-state index is 6.82. The molecule has 0 spiro atoms. The highest BCUT2D eigenvalue weighted by Crippen LogP contribution is 2.41. The summed E-state index contributed by atoms with van der Waals surface area (Å²) < 4.78 is 9.20. The molecule has 152 valence electrons. The first-order valence-electron chi connectivity index (χ1n) is 10.5. The van der Waals surface area contributed by atoms with Crippen molar-refractivity contribution in [2.75, 3.05) is 5.73 Å². The van der Waals surface area contributed by atoms with Gasteiger partial charge in [-0.15, -0.1) is 0 Å². The van der Waals surface area contributed by atoms with E-state index in [9.17, 15) is 0 Å². The largest absolute Gasteiger partial charge is 0.384 e. The first kappa shape index (κ1) is 17.4. The van der Waals surface area contributed by atoms with E-state index in [0.717, 1.165) is 47.5 Å². The fourth-order valence-corrected chi connectivity index (χ4v) is 4.84. The Morgan fingerprint density at radius 3 is 2.60 bits per heavy atom. The minimum atomic E-state index is 0.293. The molecule has 0 bridgehead atoms. The summed E-state index contributed by atoms with van der Waals surface area (Å²) in [6, 6.07) is 8.42. The third-order valence-electron chi connectivity index (χ3n) is 6.21. The molecule has 6 rings (SSSR count). The van der Waals surface area contributed by atoms with Crippen LogP contribution in [0.1, 0.15) is 45.1 Å². The summed E-state index contributed by atoms with van der Waals surface area (Å²) in [6.07, 6.45) is 5.79. The van der Waals surface area contributed by atoms with Crippen molar-refractivity contribution in [3.63, 3.8) is 0 Å². The van der Waals surface area contributed by atoms with Crippen molar-refractivity contribution in [2.45, 2.75) is 51.6 Å². The standard InChI is InChI=1S/C21H22N8O/c1-2-28-14-11-7-6-10-13(14)23-20(28)15-16-21(25-19-18(24-16)26-30-27-19)29(17(15)22)12-8-4-3-5-9-12/h6-7,10-12H,2-5,8-9,22H2,1H3. The van der Waals surface area contributed by atoms with Gasteiger partial charge < -0.3 is 14.9 Å². The van der Waals surface area contributed by atoms with Gasteiger partial charge in [-0.25, -0.2) is 19.6 Å². The van der Waals surface area contributed by atoms with Crippen LogP contribution in [0.5, 0.6) is 0 Å². The lowest BCUT2D eigenvalue weighted by atomic mass is 9.95. The van der Waals surface area contributed by atoms with Gasteiger partial charge in [-0.3, -0.25) is 0 Å². The summed E-state index contributed by atoms with van der Waals surface area (Å²) >= 11 is 0. The molecule has 9 heteroatoms. The molecule has 1 fully saturated rings. The minimum Gasteiger partial charge on any atom is -0.384 e. The van der Waals surface area contributed by atoms with E-state index in [1.807, 2.05) is 18.2 Å². The van der Waals surface area contributed by atoms with Gasteiger partial charge in [0, 0.05) is 12.6 Å². The van der Waals surface area contributed by atoms with Gasteiger partial charge in [0.2, 0.25) is 11.3 Å². The molecule has 1 saturated carbocycles. The van der Waals surface area contributed by atoms with E-state index >= 15 is 0 Å². The smallest absolute Gasteiger partial charge is 0.245 e. The first-order chi connectivity index (χ1) is 14.8. The molecule has 1 aliphatic rings. The molecule has 1 aromatic carbocycles. The number of nitrogens with two attached hydrogens (primary N) is 1. The maximum Gasteiger partial charge on any atom is 0.245 e. The highest BCUT2D eigenvalue weighted by atomic mass is 16.6. The van der Waals surface area contributed by atoms with Crippen molar-refractivity contribution in [3.05, 3.63) is 24.3 Å². The van der Waals surface area contributed by atoms with Crippen molar-refractivity contribution >= 4 is 39.3 Å². The number of imidazole rings is 1. The molecule has 0 saturated heterocycles. The van der Waals surface area contributed by atoms with E-state index in [-0.39, 0.29) is 0 Å². The molecule has 0 unspecified atom stereocenters. The van der Waals surface area contributed by atoms with E-state index in [0.29, 0.717) is 28.7 Å². The van der Waals surface area contributed by atoms with Crippen LogP contribution >= 0.6 is 0 Å². The van der Waals surface area contributed by atoms with Crippen molar-refractivity contribution in [2.24, 2.45) is 0 Å². The topological polar surface area (TPSA) is 113 Å². The van der Waals surface area contributed by atoms with E-state index in [2.05, 4.69) is 32.4 Å². The quantitative estimate of drug-likeness (QED) is 0.483. The number of benzene rings is 1. The lowest BCUT2D eigenvalue weighted by Gasteiger charge is -2.24. The fourth-order valence-electron chi connectivity index (χ4n) is 4.84.